The van der Waals surface area contributed by atoms with Gasteiger partial charge in [-0.15, -0.1) is 0 Å². The lowest BCUT2D eigenvalue weighted by Gasteiger charge is -2.39. The van der Waals surface area contributed by atoms with Gasteiger partial charge in [0.1, 0.15) is 24.4 Å². The Hall–Kier alpha value is -0.960. The maximum atomic E-state index is 7.29. The summed E-state index contributed by atoms with van der Waals surface area (Å²) in [5.41, 5.74) is 72.2. The Bertz CT molecular complexity index is 1060. The number of hydrogen-bond acceptors (Lipinski definition) is 24. The fourth-order valence-electron chi connectivity index (χ4n) is 9.18. The molecule has 0 saturated carbocycles. The Kier molecular flexibility index (Phi) is 58.5. The van der Waals surface area contributed by atoms with Crippen molar-refractivity contribution < 1.29 is 28.4 Å². The average molecular weight is 1130 g/mol. The molecule has 0 radical (unpaired) electrons. The molecule has 0 bridgehead atoms. The van der Waals surface area contributed by atoms with E-state index in [0.717, 1.165) is 169 Å². The first-order valence-corrected chi connectivity index (χ1v) is 30.7. The molecule has 4 unspecified atom stereocenters. The molecule has 0 fully saturated rings. The maximum Gasteiger partial charge on any atom is 0.115 e. The van der Waals surface area contributed by atoms with Gasteiger partial charge in [-0.3, -0.25) is 0 Å². The fraction of sp³-hybridized carbons (Fsp3) is 1.00. The molecule has 0 aromatic heterocycles. The van der Waals surface area contributed by atoms with Gasteiger partial charge in [0.15, 0.2) is 0 Å². The summed E-state index contributed by atoms with van der Waals surface area (Å²) in [7, 11) is 0. The van der Waals surface area contributed by atoms with Crippen LogP contribution in [0.15, 0.2) is 0 Å². The lowest BCUT2D eigenvalue weighted by Crippen LogP contribution is -2.54. The van der Waals surface area contributed by atoms with Crippen molar-refractivity contribution in [1.82, 2.24) is 29.4 Å². The number of ether oxygens (including phenoxy) is 6. The Morgan fingerprint density at radius 3 is 0.551 bits per heavy atom. The van der Waals surface area contributed by atoms with Crippen molar-refractivity contribution in [1.29, 1.82) is 0 Å². The molecule has 0 spiro atoms. The first-order chi connectivity index (χ1) is 38.3. The summed E-state index contributed by atoms with van der Waals surface area (Å²) in [6, 6.07) is 0. The first kappa shape index (κ1) is 77.0. The monoisotopic (exact) mass is 1130 g/mol. The molecule has 0 aliphatic carbocycles. The van der Waals surface area contributed by atoms with Crippen molar-refractivity contribution in [3.63, 3.8) is 0 Å². The van der Waals surface area contributed by atoms with Crippen molar-refractivity contribution in [2.75, 3.05) is 249 Å². The molecule has 24 heteroatoms. The van der Waals surface area contributed by atoms with Gasteiger partial charge in [-0.2, -0.15) is 0 Å². The van der Waals surface area contributed by atoms with E-state index in [1.165, 1.54) is 0 Å². The predicted octanol–water partition coefficient (Wildman–Crippen LogP) is -3.44. The van der Waals surface area contributed by atoms with Crippen LogP contribution in [-0.2, 0) is 28.4 Å². The Labute approximate surface area is 475 Å². The Balaban J connectivity index is 7.87. The summed E-state index contributed by atoms with van der Waals surface area (Å²) in [5, 5.41) is 0. The molecule has 0 aromatic carbocycles. The highest BCUT2D eigenvalue weighted by atomic mass is 16.6. The van der Waals surface area contributed by atoms with E-state index in [4.69, 9.17) is 97.2 Å². The van der Waals surface area contributed by atoms with Crippen molar-refractivity contribution in [3.8, 4) is 0 Å². The predicted molar refractivity (Wildman–Crippen MR) is 323 cm³/mol. The zero-order valence-corrected chi connectivity index (χ0v) is 49.7. The van der Waals surface area contributed by atoms with Gasteiger partial charge in [-0.25, -0.2) is 0 Å². The van der Waals surface area contributed by atoms with E-state index < -0.39 is 24.4 Å². The summed E-state index contributed by atoms with van der Waals surface area (Å²) >= 11 is 0. The molecule has 4 atom stereocenters. The van der Waals surface area contributed by atoms with Crippen molar-refractivity contribution >= 4 is 0 Å². The lowest BCUT2D eigenvalue weighted by molar-refractivity contribution is -0.199. The van der Waals surface area contributed by atoms with E-state index >= 15 is 0 Å². The molecule has 0 aliphatic heterocycles. The van der Waals surface area contributed by atoms with E-state index in [9.17, 15) is 0 Å². The highest BCUT2D eigenvalue weighted by Crippen LogP contribution is 2.21. The minimum Gasteiger partial charge on any atom is -0.377 e. The van der Waals surface area contributed by atoms with Crippen LogP contribution in [0.5, 0.6) is 0 Å². The van der Waals surface area contributed by atoms with Crippen molar-refractivity contribution in [2.24, 2.45) is 68.8 Å². The zero-order chi connectivity index (χ0) is 57.4. The van der Waals surface area contributed by atoms with Gasteiger partial charge in [0, 0.05) is 39.3 Å². The second-order valence-corrected chi connectivity index (χ2v) is 20.4. The van der Waals surface area contributed by atoms with Crippen LogP contribution >= 0.6 is 0 Å². The van der Waals surface area contributed by atoms with Gasteiger partial charge in [0.05, 0.1) is 52.9 Å². The van der Waals surface area contributed by atoms with Crippen LogP contribution in [0.3, 0.4) is 0 Å². The van der Waals surface area contributed by atoms with Crippen LogP contribution in [-0.4, -0.2) is 303 Å². The van der Waals surface area contributed by atoms with Gasteiger partial charge in [0.25, 0.3) is 0 Å². The molecular weight excluding hydrogens is 997 g/mol. The van der Waals surface area contributed by atoms with E-state index in [-0.39, 0.29) is 13.2 Å². The lowest BCUT2D eigenvalue weighted by atomic mass is 10.0. The standard InChI is InChI=1S/C54H128N18O6/c55-13-1-25-67(26-2-14-56)37-43-73-49-51(75-45-39-69(29-5-17-59)30-6-18-60)53(77-47-41-71(33-9-21-63)34-10-22-64)54(78-48-42-72(35-11-23-65)36-12-24-66)52(76-46-40-70(31-7-19-61)32-8-20-62)50-74-44-38-68(27-3-15-57)28-4-16-58/h51-54H,1-50,55-66H2. The smallest absolute Gasteiger partial charge is 0.115 e. The van der Waals surface area contributed by atoms with Crippen molar-refractivity contribution in [2.45, 2.75) is 101 Å². The van der Waals surface area contributed by atoms with Crippen molar-refractivity contribution in [3.05, 3.63) is 0 Å². The molecule has 0 rings (SSSR count). The van der Waals surface area contributed by atoms with Gasteiger partial charge < -0.3 is 127 Å². The third-order valence-electron chi connectivity index (χ3n) is 13.8. The van der Waals surface area contributed by atoms with Gasteiger partial charge >= 0.3 is 0 Å². The van der Waals surface area contributed by atoms with Crippen LogP contribution in [0.4, 0.5) is 0 Å². The summed E-state index contributed by atoms with van der Waals surface area (Å²) in [6.45, 7) is 24.6. The average Bonchev–Trinajstić information content (AvgIpc) is 3.46. The zero-order valence-electron chi connectivity index (χ0n) is 49.7. The molecule has 0 saturated heterocycles. The normalized spacial score (nSPS) is 13.9. The van der Waals surface area contributed by atoms with E-state index in [1.807, 2.05) is 0 Å². The minimum atomic E-state index is -0.658. The molecule has 0 aromatic rings. The fourth-order valence-corrected chi connectivity index (χ4v) is 9.18. The van der Waals surface area contributed by atoms with Gasteiger partial charge in [-0.05, 0) is 234 Å². The highest BCUT2D eigenvalue weighted by Gasteiger charge is 2.39. The molecule has 0 amide bonds. The first-order valence-electron chi connectivity index (χ1n) is 30.7. The van der Waals surface area contributed by atoms with E-state index in [1.54, 1.807) is 0 Å². The van der Waals surface area contributed by atoms with Gasteiger partial charge in [-0.1, -0.05) is 0 Å². The number of hydrogen-bond donors (Lipinski definition) is 12. The summed E-state index contributed by atoms with van der Waals surface area (Å²) in [6.07, 6.45) is 8.01. The number of rotatable bonds is 65. The Morgan fingerprint density at radius 1 is 0.205 bits per heavy atom. The summed E-state index contributed by atoms with van der Waals surface area (Å²) in [4.78, 5) is 14.3. The second kappa shape index (κ2) is 59.2. The molecule has 0 heterocycles. The third-order valence-corrected chi connectivity index (χ3v) is 13.8. The topological polar surface area (TPSA) is 387 Å². The maximum absolute atomic E-state index is 7.29. The third kappa shape index (κ3) is 43.7. The molecule has 78 heavy (non-hydrogen) atoms. The second-order valence-electron chi connectivity index (χ2n) is 20.4. The number of nitrogens with two attached hydrogens (primary N) is 12. The summed E-state index contributed by atoms with van der Waals surface area (Å²) < 4.78 is 42.3. The molecule has 24 nitrogen and oxygen atoms in total. The van der Waals surface area contributed by atoms with Gasteiger partial charge in [0.2, 0.25) is 0 Å². The summed E-state index contributed by atoms with van der Waals surface area (Å²) in [5.74, 6) is 0. The molecule has 470 valence electrons. The van der Waals surface area contributed by atoms with E-state index in [0.29, 0.717) is 144 Å². The van der Waals surface area contributed by atoms with E-state index in [2.05, 4.69) is 29.4 Å². The molecular formula is C54H128N18O6. The SMILES string of the molecule is NCCCN(CCCN)CCOCC(OCCN(CCCN)CCCN)C(OCCN(CCCN)CCCN)C(OCCN(CCCN)CCCN)C(COCCN(CCCN)CCCN)OCCN(CCCN)CCCN. The van der Waals surface area contributed by atoms with Crippen LogP contribution in [0.25, 0.3) is 0 Å². The Morgan fingerprint density at radius 2 is 0.372 bits per heavy atom. The van der Waals surface area contributed by atoms with Crippen LogP contribution in [0, 0.1) is 0 Å². The largest absolute Gasteiger partial charge is 0.377 e. The molecule has 24 N–H and O–H groups in total. The van der Waals surface area contributed by atoms with Crippen LogP contribution < -0.4 is 68.8 Å². The van der Waals surface area contributed by atoms with Crippen LogP contribution in [0.1, 0.15) is 77.0 Å². The number of nitrogens with zero attached hydrogens (tertiary/aromatic N) is 6. The quantitative estimate of drug-likeness (QED) is 0.0264. The molecule has 0 aliphatic rings. The highest BCUT2D eigenvalue weighted by molar-refractivity contribution is 4.88. The van der Waals surface area contributed by atoms with Crippen LogP contribution in [0.2, 0.25) is 0 Å². The minimum absolute atomic E-state index is 0.248.